The molecule has 2 aromatic rings. The minimum absolute atomic E-state index is 0.0968. The first-order valence-corrected chi connectivity index (χ1v) is 14.9. The summed E-state index contributed by atoms with van der Waals surface area (Å²) < 4.78 is 11.7. The van der Waals surface area contributed by atoms with Crippen LogP contribution in [0, 0.1) is 5.92 Å². The van der Waals surface area contributed by atoms with Gasteiger partial charge < -0.3 is 35.4 Å². The Balaban J connectivity index is 1.69. The maximum atomic E-state index is 12.8. The maximum absolute atomic E-state index is 12.8. The molecule has 11 heteroatoms. The quantitative estimate of drug-likeness (QED) is 0.210. The minimum atomic E-state index is -2.15. The molecule has 6 atom stereocenters. The fourth-order valence-corrected chi connectivity index (χ4v) is 5.40. The second-order valence-corrected chi connectivity index (χ2v) is 11.5. The number of benzene rings is 2. The van der Waals surface area contributed by atoms with E-state index in [1.54, 1.807) is 30.8 Å². The summed E-state index contributed by atoms with van der Waals surface area (Å²) in [6, 6.07) is 15.8. The second-order valence-electron chi connectivity index (χ2n) is 10.1. The van der Waals surface area contributed by atoms with Gasteiger partial charge in [-0.3, -0.25) is 9.59 Å². The SMILES string of the molecule is CCSCCCO[C@]1(C(=O)O)C[C@H](O)[C@@H](NC(C)=O)[C@H]([C@H](C)C(O)CNC(=O)c2ccc(-c3ccccc3)cc2)O1. The fourth-order valence-electron chi connectivity index (χ4n) is 4.79. The molecule has 0 saturated carbocycles. The number of aliphatic carboxylic acids is 1. The summed E-state index contributed by atoms with van der Waals surface area (Å²) in [7, 11) is 0. The average molecular weight is 589 g/mol. The number of hydrogen-bond acceptors (Lipinski definition) is 8. The highest BCUT2D eigenvalue weighted by Crippen LogP contribution is 2.35. The molecule has 1 fully saturated rings. The molecule has 0 spiro atoms. The molecular weight excluding hydrogens is 548 g/mol. The highest BCUT2D eigenvalue weighted by atomic mass is 32.2. The van der Waals surface area contributed by atoms with Crippen molar-refractivity contribution in [1.29, 1.82) is 0 Å². The topological polar surface area (TPSA) is 154 Å². The van der Waals surface area contributed by atoms with Crippen molar-refractivity contribution in [2.45, 2.75) is 63.8 Å². The van der Waals surface area contributed by atoms with Crippen LogP contribution in [-0.4, -0.2) is 87.9 Å². The number of nitrogens with one attached hydrogen (secondary N) is 2. The predicted octanol–water partition coefficient (Wildman–Crippen LogP) is 2.68. The van der Waals surface area contributed by atoms with E-state index >= 15 is 0 Å². The van der Waals surface area contributed by atoms with Crippen molar-refractivity contribution in [1.82, 2.24) is 10.6 Å². The number of thioether (sulfide) groups is 1. The number of carboxylic acid groups (broad SMARTS) is 1. The molecule has 2 amide bonds. The largest absolute Gasteiger partial charge is 0.477 e. The normalized spacial score (nSPS) is 23.8. The van der Waals surface area contributed by atoms with Crippen LogP contribution < -0.4 is 10.6 Å². The van der Waals surface area contributed by atoms with E-state index in [1.165, 1.54) is 6.92 Å². The maximum Gasteiger partial charge on any atom is 0.364 e. The van der Waals surface area contributed by atoms with Crippen molar-refractivity contribution in [3.05, 3.63) is 60.2 Å². The molecule has 0 aromatic heterocycles. The van der Waals surface area contributed by atoms with Gasteiger partial charge in [-0.1, -0.05) is 56.3 Å². The molecule has 41 heavy (non-hydrogen) atoms. The van der Waals surface area contributed by atoms with E-state index in [1.807, 2.05) is 49.4 Å². The average Bonchev–Trinajstić information content (AvgIpc) is 2.96. The van der Waals surface area contributed by atoms with E-state index in [0.29, 0.717) is 12.0 Å². The van der Waals surface area contributed by atoms with Crippen molar-refractivity contribution in [3.8, 4) is 11.1 Å². The van der Waals surface area contributed by atoms with E-state index in [2.05, 4.69) is 10.6 Å². The molecular formula is C30H40N2O8S. The van der Waals surface area contributed by atoms with Gasteiger partial charge in [-0.25, -0.2) is 4.79 Å². The van der Waals surface area contributed by atoms with Gasteiger partial charge in [-0.05, 0) is 41.2 Å². The third-order valence-corrected chi connectivity index (χ3v) is 8.08. The van der Waals surface area contributed by atoms with Crippen LogP contribution >= 0.6 is 11.8 Å². The molecule has 2 aromatic carbocycles. The minimum Gasteiger partial charge on any atom is -0.477 e. The third-order valence-electron chi connectivity index (χ3n) is 7.09. The zero-order valence-corrected chi connectivity index (χ0v) is 24.4. The van der Waals surface area contributed by atoms with Crippen LogP contribution in [0.5, 0.6) is 0 Å². The van der Waals surface area contributed by atoms with Crippen LogP contribution in [0.2, 0.25) is 0 Å². The molecule has 0 radical (unpaired) electrons. The predicted molar refractivity (Wildman–Crippen MR) is 156 cm³/mol. The lowest BCUT2D eigenvalue weighted by Crippen LogP contribution is -2.66. The molecule has 10 nitrogen and oxygen atoms in total. The molecule has 5 N–H and O–H groups in total. The number of rotatable bonds is 14. The van der Waals surface area contributed by atoms with E-state index in [4.69, 9.17) is 9.47 Å². The Bertz CT molecular complexity index is 1150. The molecule has 224 valence electrons. The smallest absolute Gasteiger partial charge is 0.364 e. The first-order chi connectivity index (χ1) is 19.6. The van der Waals surface area contributed by atoms with E-state index in [0.717, 1.165) is 22.6 Å². The summed E-state index contributed by atoms with van der Waals surface area (Å²) in [5, 5.41) is 37.3. The number of hydrogen-bond donors (Lipinski definition) is 5. The zero-order valence-electron chi connectivity index (χ0n) is 23.6. The number of ether oxygens (including phenoxy) is 2. The molecule has 0 bridgehead atoms. The van der Waals surface area contributed by atoms with Crippen molar-refractivity contribution in [2.75, 3.05) is 24.7 Å². The Morgan fingerprint density at radius 2 is 1.78 bits per heavy atom. The Morgan fingerprint density at radius 3 is 2.39 bits per heavy atom. The fraction of sp³-hybridized carbons (Fsp3) is 0.500. The van der Waals surface area contributed by atoms with Crippen molar-refractivity contribution in [3.63, 3.8) is 0 Å². The molecule has 1 heterocycles. The lowest BCUT2D eigenvalue weighted by molar-refractivity contribution is -0.304. The van der Waals surface area contributed by atoms with Crippen LogP contribution in [0.15, 0.2) is 54.6 Å². The van der Waals surface area contributed by atoms with Gasteiger partial charge in [0.25, 0.3) is 11.7 Å². The molecule has 1 unspecified atom stereocenters. The van der Waals surface area contributed by atoms with Gasteiger partial charge in [0.05, 0.1) is 31.0 Å². The standard InChI is InChI=1S/C30H40N2O8S/c1-4-41-16-8-15-39-30(29(37)38)17-24(34)26(32-20(3)33)27(40-30)19(2)25(35)18-31-28(36)23-13-11-22(12-14-23)21-9-6-5-7-10-21/h5-7,9-14,19,24-27,34-35H,4,8,15-18H2,1-3H3,(H,31,36)(H,32,33)(H,37,38)/t19-,24+,25?,26-,27+,30-/m1/s1. The molecule has 0 aliphatic carbocycles. The monoisotopic (exact) mass is 588 g/mol. The number of aliphatic hydroxyl groups excluding tert-OH is 2. The molecule has 3 rings (SSSR count). The molecule has 1 aliphatic rings. The summed E-state index contributed by atoms with van der Waals surface area (Å²) in [6.45, 7) is 4.83. The van der Waals surface area contributed by atoms with Gasteiger partial charge in [0.2, 0.25) is 5.91 Å². The van der Waals surface area contributed by atoms with Gasteiger partial charge in [-0.2, -0.15) is 11.8 Å². The lowest BCUT2D eigenvalue weighted by Gasteiger charge is -2.47. The highest BCUT2D eigenvalue weighted by Gasteiger charge is 2.55. The number of carboxylic acids is 1. The van der Waals surface area contributed by atoms with Gasteiger partial charge in [0.1, 0.15) is 0 Å². The number of carbonyl (C=O) groups is 3. The Morgan fingerprint density at radius 1 is 1.12 bits per heavy atom. The van der Waals surface area contributed by atoms with Crippen LogP contribution in [0.25, 0.3) is 11.1 Å². The summed E-state index contributed by atoms with van der Waals surface area (Å²) in [5.74, 6) is -3.50. The number of amides is 2. The van der Waals surface area contributed by atoms with Gasteiger partial charge in [0, 0.05) is 31.4 Å². The number of aliphatic hydroxyl groups is 2. The number of carbonyl (C=O) groups excluding carboxylic acids is 2. The zero-order chi connectivity index (χ0) is 30.0. The van der Waals surface area contributed by atoms with Crippen LogP contribution in [0.1, 0.15) is 44.0 Å². The van der Waals surface area contributed by atoms with Crippen LogP contribution in [0.4, 0.5) is 0 Å². The van der Waals surface area contributed by atoms with Crippen LogP contribution in [0.3, 0.4) is 0 Å². The first-order valence-electron chi connectivity index (χ1n) is 13.8. The summed E-state index contributed by atoms with van der Waals surface area (Å²) in [5.41, 5.74) is 2.39. The molecule has 1 saturated heterocycles. The summed E-state index contributed by atoms with van der Waals surface area (Å²) >= 11 is 1.69. The second kappa shape index (κ2) is 15.3. The van der Waals surface area contributed by atoms with Crippen molar-refractivity contribution in [2.24, 2.45) is 5.92 Å². The highest BCUT2D eigenvalue weighted by molar-refractivity contribution is 7.99. The summed E-state index contributed by atoms with van der Waals surface area (Å²) in [4.78, 5) is 37.0. The lowest BCUT2D eigenvalue weighted by atomic mass is 9.84. The van der Waals surface area contributed by atoms with E-state index in [-0.39, 0.29) is 13.2 Å². The Kier molecular flexibility index (Phi) is 12.2. The van der Waals surface area contributed by atoms with Gasteiger partial charge in [0.15, 0.2) is 0 Å². The Hall–Kier alpha value is -2.96. The summed E-state index contributed by atoms with van der Waals surface area (Å²) in [6.07, 6.45) is -3.44. The van der Waals surface area contributed by atoms with Crippen molar-refractivity contribution < 1.29 is 39.2 Å². The first kappa shape index (κ1) is 32.6. The van der Waals surface area contributed by atoms with Gasteiger partial charge in [-0.15, -0.1) is 0 Å². The van der Waals surface area contributed by atoms with E-state index in [9.17, 15) is 29.7 Å². The Labute approximate surface area is 244 Å². The van der Waals surface area contributed by atoms with E-state index < -0.39 is 60.3 Å². The van der Waals surface area contributed by atoms with Crippen molar-refractivity contribution >= 4 is 29.5 Å². The third kappa shape index (κ3) is 8.76. The van der Waals surface area contributed by atoms with Gasteiger partial charge >= 0.3 is 5.97 Å². The van der Waals surface area contributed by atoms with Crippen LogP contribution in [-0.2, 0) is 19.1 Å². The molecule has 1 aliphatic heterocycles.